The molecule has 0 aromatic heterocycles. The molecular weight excluding hydrogens is 414 g/mol. The van der Waals surface area contributed by atoms with Crippen LogP contribution in [0.15, 0.2) is 46.9 Å². The van der Waals surface area contributed by atoms with Gasteiger partial charge in [0.25, 0.3) is 0 Å². The second-order valence-corrected chi connectivity index (χ2v) is 7.41. The lowest BCUT2D eigenvalue weighted by atomic mass is 10.1. The summed E-state index contributed by atoms with van der Waals surface area (Å²) in [5.41, 5.74) is 1.22. The van der Waals surface area contributed by atoms with Gasteiger partial charge in [0.15, 0.2) is 0 Å². The molecule has 1 heterocycles. The molecule has 4 nitrogen and oxygen atoms in total. The maximum Gasteiger partial charge on any atom is 0.343 e. The highest BCUT2D eigenvalue weighted by Crippen LogP contribution is 2.27. The second-order valence-electron chi connectivity index (χ2n) is 6.11. The number of rotatable bonds is 4. The van der Waals surface area contributed by atoms with Crippen molar-refractivity contribution < 1.29 is 14.3 Å². The normalized spacial score (nSPS) is 14.0. The quantitative estimate of drug-likeness (QED) is 0.391. The van der Waals surface area contributed by atoms with E-state index in [2.05, 4.69) is 20.8 Å². The van der Waals surface area contributed by atoms with Gasteiger partial charge in [-0.05, 0) is 61.7 Å². The Labute approximate surface area is 167 Å². The summed E-state index contributed by atoms with van der Waals surface area (Å²) in [5, 5.41) is 0. The van der Waals surface area contributed by atoms with Gasteiger partial charge in [0.1, 0.15) is 16.5 Å². The van der Waals surface area contributed by atoms with E-state index in [0.717, 1.165) is 41.0 Å². The largest absolute Gasteiger partial charge is 0.497 e. The molecule has 0 bridgehead atoms. The van der Waals surface area contributed by atoms with E-state index in [1.54, 1.807) is 37.4 Å². The van der Waals surface area contributed by atoms with Gasteiger partial charge in [-0.15, -0.1) is 0 Å². The molecule has 0 aliphatic carbocycles. The zero-order valence-corrected chi connectivity index (χ0v) is 16.9. The van der Waals surface area contributed by atoms with Gasteiger partial charge in [-0.2, -0.15) is 0 Å². The van der Waals surface area contributed by atoms with Gasteiger partial charge in [0.05, 0.1) is 18.2 Å². The van der Waals surface area contributed by atoms with Crippen molar-refractivity contribution in [2.75, 3.05) is 20.2 Å². The van der Waals surface area contributed by atoms with Crippen molar-refractivity contribution in [3.05, 3.63) is 58.1 Å². The van der Waals surface area contributed by atoms with E-state index in [0.29, 0.717) is 17.1 Å². The summed E-state index contributed by atoms with van der Waals surface area (Å²) in [4.78, 5) is 15.4. The van der Waals surface area contributed by atoms with Crippen LogP contribution in [0, 0.1) is 0 Å². The highest BCUT2D eigenvalue weighted by atomic mass is 79.9. The zero-order chi connectivity index (χ0) is 18.5. The topological polar surface area (TPSA) is 38.8 Å². The Morgan fingerprint density at radius 2 is 1.77 bits per heavy atom. The van der Waals surface area contributed by atoms with Crippen LogP contribution in [0.4, 0.5) is 0 Å². The number of methoxy groups -OCH3 is 1. The molecule has 1 aliphatic heterocycles. The second kappa shape index (κ2) is 8.64. The summed E-state index contributed by atoms with van der Waals surface area (Å²) in [7, 11) is 1.59. The predicted octanol–water partition coefficient (Wildman–Crippen LogP) is 4.84. The molecule has 0 spiro atoms. The van der Waals surface area contributed by atoms with Crippen LogP contribution in [-0.2, 0) is 0 Å². The van der Waals surface area contributed by atoms with Crippen LogP contribution in [0.5, 0.6) is 11.5 Å². The fraction of sp³-hybridized carbons (Fsp3) is 0.300. The van der Waals surface area contributed by atoms with Gasteiger partial charge in [-0.25, -0.2) is 4.79 Å². The lowest BCUT2D eigenvalue weighted by Gasteiger charge is -2.29. The summed E-state index contributed by atoms with van der Waals surface area (Å²) >= 11 is 9.17. The minimum atomic E-state index is -0.419. The van der Waals surface area contributed by atoms with Gasteiger partial charge >= 0.3 is 5.97 Å². The van der Waals surface area contributed by atoms with Crippen LogP contribution in [0.3, 0.4) is 0 Å². The maximum atomic E-state index is 12.5. The highest BCUT2D eigenvalue weighted by molar-refractivity contribution is 9.10. The number of ether oxygens (including phenoxy) is 2. The Morgan fingerprint density at radius 1 is 1.08 bits per heavy atom. The van der Waals surface area contributed by atoms with Crippen molar-refractivity contribution >= 4 is 39.1 Å². The maximum absolute atomic E-state index is 12.5. The first-order valence-corrected chi connectivity index (χ1v) is 9.73. The number of carbonyl (C=O) groups excluding carboxylic acids is 1. The standard InChI is InChI=1S/C20H20BrNO3S/c1-24-16-8-5-14(6-9-16)20(23)25-18-10-7-15(21)13-17(18)19(26)22-11-3-2-4-12-22/h5-10,13H,2-4,11-12H2,1H3. The molecule has 0 N–H and O–H groups in total. The minimum Gasteiger partial charge on any atom is -0.497 e. The van der Waals surface area contributed by atoms with Gasteiger partial charge in [0.2, 0.25) is 0 Å². The number of hydrogen-bond acceptors (Lipinski definition) is 4. The number of thiocarbonyl (C=S) groups is 1. The van der Waals surface area contributed by atoms with E-state index in [1.165, 1.54) is 6.42 Å². The van der Waals surface area contributed by atoms with Crippen LogP contribution in [-0.4, -0.2) is 36.1 Å². The average molecular weight is 434 g/mol. The zero-order valence-electron chi connectivity index (χ0n) is 14.5. The smallest absolute Gasteiger partial charge is 0.343 e. The molecular formula is C20H20BrNO3S. The molecule has 0 amide bonds. The van der Waals surface area contributed by atoms with Gasteiger partial charge < -0.3 is 14.4 Å². The van der Waals surface area contributed by atoms with Crippen LogP contribution in [0.25, 0.3) is 0 Å². The number of halogens is 1. The third-order valence-corrected chi connectivity index (χ3v) is 5.32. The van der Waals surface area contributed by atoms with Gasteiger partial charge in [0, 0.05) is 17.6 Å². The molecule has 6 heteroatoms. The molecule has 2 aromatic carbocycles. The fourth-order valence-electron chi connectivity index (χ4n) is 2.91. The van der Waals surface area contributed by atoms with Crippen molar-refractivity contribution in [2.24, 2.45) is 0 Å². The SMILES string of the molecule is COc1ccc(C(=O)Oc2ccc(Br)cc2C(=S)N2CCCCC2)cc1. The van der Waals surface area contributed by atoms with Crippen molar-refractivity contribution in [1.29, 1.82) is 0 Å². The summed E-state index contributed by atoms with van der Waals surface area (Å²) < 4.78 is 11.7. The van der Waals surface area contributed by atoms with E-state index >= 15 is 0 Å². The average Bonchev–Trinajstić information content (AvgIpc) is 2.69. The Kier molecular flexibility index (Phi) is 6.27. The van der Waals surface area contributed by atoms with E-state index < -0.39 is 5.97 Å². The summed E-state index contributed by atoms with van der Waals surface area (Å²) in [6, 6.07) is 12.4. The molecule has 2 aromatic rings. The Morgan fingerprint density at radius 3 is 2.42 bits per heavy atom. The number of likely N-dealkylation sites (tertiary alicyclic amines) is 1. The van der Waals surface area contributed by atoms with E-state index in [4.69, 9.17) is 21.7 Å². The summed E-state index contributed by atoms with van der Waals surface area (Å²) in [5.74, 6) is 0.749. The molecule has 1 fully saturated rings. The molecule has 1 saturated heterocycles. The van der Waals surface area contributed by atoms with Gasteiger partial charge in [-0.1, -0.05) is 28.1 Å². The van der Waals surface area contributed by atoms with Gasteiger partial charge in [-0.3, -0.25) is 0 Å². The molecule has 0 saturated carbocycles. The Balaban J connectivity index is 1.82. The number of benzene rings is 2. The molecule has 3 rings (SSSR count). The Hall–Kier alpha value is -1.92. The van der Waals surface area contributed by atoms with Crippen molar-refractivity contribution in [3.63, 3.8) is 0 Å². The fourth-order valence-corrected chi connectivity index (χ4v) is 3.61. The van der Waals surface area contributed by atoms with E-state index in [9.17, 15) is 4.79 Å². The molecule has 0 atom stereocenters. The first-order valence-electron chi connectivity index (χ1n) is 8.53. The van der Waals surface area contributed by atoms with Crippen LogP contribution in [0.2, 0.25) is 0 Å². The molecule has 136 valence electrons. The van der Waals surface area contributed by atoms with Crippen molar-refractivity contribution in [2.45, 2.75) is 19.3 Å². The van der Waals surface area contributed by atoms with E-state index in [1.807, 2.05) is 12.1 Å². The number of esters is 1. The first kappa shape index (κ1) is 18.9. The van der Waals surface area contributed by atoms with E-state index in [-0.39, 0.29) is 0 Å². The molecule has 1 aliphatic rings. The number of carbonyl (C=O) groups is 1. The molecule has 26 heavy (non-hydrogen) atoms. The van der Waals surface area contributed by atoms with Crippen molar-refractivity contribution in [3.8, 4) is 11.5 Å². The highest BCUT2D eigenvalue weighted by Gasteiger charge is 2.20. The number of hydrogen-bond donors (Lipinski definition) is 0. The van der Waals surface area contributed by atoms with Crippen LogP contribution >= 0.6 is 28.1 Å². The predicted molar refractivity (Wildman–Crippen MR) is 109 cm³/mol. The number of nitrogens with zero attached hydrogens (tertiary/aromatic N) is 1. The Bertz CT molecular complexity index is 801. The third kappa shape index (κ3) is 4.43. The van der Waals surface area contributed by atoms with Crippen LogP contribution in [0.1, 0.15) is 35.2 Å². The lowest BCUT2D eigenvalue weighted by Crippen LogP contribution is -2.35. The number of piperidine rings is 1. The third-order valence-electron chi connectivity index (χ3n) is 4.34. The summed E-state index contributed by atoms with van der Waals surface area (Å²) in [6.07, 6.45) is 3.50. The first-order chi connectivity index (χ1) is 12.6. The summed E-state index contributed by atoms with van der Waals surface area (Å²) in [6.45, 7) is 1.88. The van der Waals surface area contributed by atoms with Crippen LogP contribution < -0.4 is 9.47 Å². The monoisotopic (exact) mass is 433 g/mol. The lowest BCUT2D eigenvalue weighted by molar-refractivity contribution is 0.0734. The molecule has 0 radical (unpaired) electrons. The minimum absolute atomic E-state index is 0.419. The van der Waals surface area contributed by atoms with Crippen molar-refractivity contribution in [1.82, 2.24) is 4.90 Å². The molecule has 0 unspecified atom stereocenters.